The van der Waals surface area contributed by atoms with E-state index in [0.717, 1.165) is 15.5 Å². The van der Waals surface area contributed by atoms with Crippen LogP contribution in [0.1, 0.15) is 4.88 Å². The van der Waals surface area contributed by atoms with Crippen LogP contribution in [0.4, 0.5) is 0 Å². The lowest BCUT2D eigenvalue weighted by Gasteiger charge is -1.97. The third kappa shape index (κ3) is 2.62. The molecule has 0 aliphatic rings. The van der Waals surface area contributed by atoms with Gasteiger partial charge in [0, 0.05) is 14.8 Å². The van der Waals surface area contributed by atoms with E-state index in [1.54, 1.807) is 11.3 Å². The van der Waals surface area contributed by atoms with Crippen LogP contribution in [0.5, 0.6) is 0 Å². The van der Waals surface area contributed by atoms with Crippen molar-refractivity contribution in [1.29, 1.82) is 0 Å². The number of halogens is 1. The van der Waals surface area contributed by atoms with Crippen LogP contribution in [-0.2, 0) is 11.3 Å². The predicted octanol–water partition coefficient (Wildman–Crippen LogP) is 3.31. The molecule has 2 rings (SSSR count). The van der Waals surface area contributed by atoms with Gasteiger partial charge in [-0.05, 0) is 29.8 Å². The van der Waals surface area contributed by atoms with E-state index in [1.807, 2.05) is 30.3 Å². The number of carbonyl (C=O) groups is 1. The summed E-state index contributed by atoms with van der Waals surface area (Å²) in [6.07, 6.45) is 0.710. The molecule has 0 saturated heterocycles. The lowest BCUT2D eigenvalue weighted by molar-refractivity contribution is -0.109. The van der Waals surface area contributed by atoms with E-state index >= 15 is 0 Å². The highest BCUT2D eigenvalue weighted by Crippen LogP contribution is 2.28. The van der Waals surface area contributed by atoms with Crippen molar-refractivity contribution in [3.63, 3.8) is 0 Å². The number of amides is 1. The first-order valence-electron chi connectivity index (χ1n) is 4.81. The van der Waals surface area contributed by atoms with Gasteiger partial charge in [-0.1, -0.05) is 23.7 Å². The minimum absolute atomic E-state index is 0.585. The molecular formula is C12H10ClNOS. The third-order valence-corrected chi connectivity index (χ3v) is 3.54. The van der Waals surface area contributed by atoms with E-state index in [2.05, 4.69) is 11.4 Å². The number of thiophene rings is 1. The first-order valence-corrected chi connectivity index (χ1v) is 6.01. The second kappa shape index (κ2) is 5.14. The Morgan fingerprint density at radius 3 is 2.62 bits per heavy atom. The number of hydrogen-bond acceptors (Lipinski definition) is 2. The van der Waals surface area contributed by atoms with Crippen LogP contribution in [0.2, 0.25) is 5.02 Å². The number of carbonyl (C=O) groups excluding carboxylic acids is 1. The molecule has 0 saturated carbocycles. The molecule has 0 spiro atoms. The van der Waals surface area contributed by atoms with Crippen molar-refractivity contribution in [2.24, 2.45) is 0 Å². The highest BCUT2D eigenvalue weighted by molar-refractivity contribution is 7.15. The van der Waals surface area contributed by atoms with Crippen LogP contribution in [0.15, 0.2) is 36.4 Å². The average molecular weight is 252 g/mol. The lowest BCUT2D eigenvalue weighted by Crippen LogP contribution is -2.07. The van der Waals surface area contributed by atoms with E-state index in [9.17, 15) is 4.79 Å². The predicted molar refractivity (Wildman–Crippen MR) is 67.7 cm³/mol. The molecule has 0 bridgehead atoms. The van der Waals surface area contributed by atoms with E-state index in [0.29, 0.717) is 13.0 Å². The molecule has 0 fully saturated rings. The quantitative estimate of drug-likeness (QED) is 0.830. The summed E-state index contributed by atoms with van der Waals surface area (Å²) in [5.41, 5.74) is 1.15. The van der Waals surface area contributed by atoms with Crippen LogP contribution >= 0.6 is 22.9 Å². The second-order valence-corrected chi connectivity index (χ2v) is 4.88. The van der Waals surface area contributed by atoms with Crippen molar-refractivity contribution in [3.05, 3.63) is 46.3 Å². The molecule has 0 unspecified atom stereocenters. The van der Waals surface area contributed by atoms with Gasteiger partial charge in [0.1, 0.15) is 0 Å². The van der Waals surface area contributed by atoms with Gasteiger partial charge in [0.25, 0.3) is 0 Å². The van der Waals surface area contributed by atoms with Crippen LogP contribution in [0, 0.1) is 0 Å². The molecule has 0 radical (unpaired) electrons. The molecule has 1 aromatic carbocycles. The highest BCUT2D eigenvalue weighted by atomic mass is 35.5. The molecular weight excluding hydrogens is 242 g/mol. The summed E-state index contributed by atoms with van der Waals surface area (Å²) in [6.45, 7) is 0.585. The average Bonchev–Trinajstić information content (AvgIpc) is 2.76. The molecule has 1 amide bonds. The summed E-state index contributed by atoms with van der Waals surface area (Å²) in [6, 6.07) is 11.8. The van der Waals surface area contributed by atoms with Gasteiger partial charge < -0.3 is 5.32 Å². The topological polar surface area (TPSA) is 29.1 Å². The monoisotopic (exact) mass is 251 g/mol. The summed E-state index contributed by atoms with van der Waals surface area (Å²) < 4.78 is 0. The van der Waals surface area contributed by atoms with Gasteiger partial charge in [-0.15, -0.1) is 11.3 Å². The number of benzene rings is 1. The van der Waals surface area contributed by atoms with Crippen LogP contribution < -0.4 is 5.32 Å². The summed E-state index contributed by atoms with van der Waals surface area (Å²) >= 11 is 7.49. The standard InChI is InChI=1S/C12H10ClNOS/c13-10-3-1-9(2-4-10)12-6-5-11(16-12)7-14-8-15/h1-6,8H,7H2,(H,14,15). The number of nitrogens with one attached hydrogen (secondary N) is 1. The smallest absolute Gasteiger partial charge is 0.207 e. The minimum atomic E-state index is 0.585. The zero-order valence-corrected chi connectivity index (χ0v) is 10.0. The van der Waals surface area contributed by atoms with Gasteiger partial charge in [0.15, 0.2) is 0 Å². The highest BCUT2D eigenvalue weighted by Gasteiger charge is 2.02. The Balaban J connectivity index is 2.17. The Labute approximate surface area is 103 Å². The summed E-state index contributed by atoms with van der Waals surface area (Å²) in [7, 11) is 0. The van der Waals surface area contributed by atoms with Crippen molar-refractivity contribution in [1.82, 2.24) is 5.32 Å². The van der Waals surface area contributed by atoms with Crippen LogP contribution in [0.3, 0.4) is 0 Å². The normalized spacial score (nSPS) is 10.1. The fraction of sp³-hybridized carbons (Fsp3) is 0.0833. The van der Waals surface area contributed by atoms with Crippen LogP contribution in [-0.4, -0.2) is 6.41 Å². The molecule has 0 aliphatic carbocycles. The Hall–Kier alpha value is -1.32. The number of hydrogen-bond donors (Lipinski definition) is 1. The van der Waals surface area contributed by atoms with Gasteiger partial charge in [0.05, 0.1) is 6.54 Å². The molecule has 2 aromatic rings. The molecule has 1 aromatic heterocycles. The fourth-order valence-electron chi connectivity index (χ4n) is 1.38. The van der Waals surface area contributed by atoms with Gasteiger partial charge in [-0.25, -0.2) is 0 Å². The molecule has 0 atom stereocenters. The van der Waals surface area contributed by atoms with E-state index in [4.69, 9.17) is 11.6 Å². The van der Waals surface area contributed by atoms with Crippen molar-refractivity contribution < 1.29 is 4.79 Å². The maximum Gasteiger partial charge on any atom is 0.207 e. The Morgan fingerprint density at radius 1 is 1.19 bits per heavy atom. The molecule has 82 valence electrons. The van der Waals surface area contributed by atoms with Gasteiger partial charge in [-0.2, -0.15) is 0 Å². The number of rotatable bonds is 4. The maximum atomic E-state index is 10.2. The Kier molecular flexibility index (Phi) is 3.59. The van der Waals surface area contributed by atoms with Gasteiger partial charge in [-0.3, -0.25) is 4.79 Å². The molecule has 2 nitrogen and oxygen atoms in total. The third-order valence-electron chi connectivity index (χ3n) is 2.15. The van der Waals surface area contributed by atoms with Crippen molar-refractivity contribution in [2.45, 2.75) is 6.54 Å². The molecule has 1 heterocycles. The van der Waals surface area contributed by atoms with Crippen molar-refractivity contribution in [3.8, 4) is 10.4 Å². The minimum Gasteiger partial charge on any atom is -0.354 e. The Morgan fingerprint density at radius 2 is 1.94 bits per heavy atom. The summed E-state index contributed by atoms with van der Waals surface area (Å²) in [4.78, 5) is 12.5. The summed E-state index contributed by atoms with van der Waals surface area (Å²) in [5, 5.41) is 3.39. The first kappa shape index (κ1) is 11.2. The van der Waals surface area contributed by atoms with E-state index < -0.39 is 0 Å². The van der Waals surface area contributed by atoms with Crippen molar-refractivity contribution >= 4 is 29.3 Å². The molecule has 4 heteroatoms. The molecule has 0 aliphatic heterocycles. The van der Waals surface area contributed by atoms with E-state index in [1.165, 1.54) is 4.88 Å². The fourth-order valence-corrected chi connectivity index (χ4v) is 2.47. The Bertz CT molecular complexity index is 478. The largest absolute Gasteiger partial charge is 0.354 e. The maximum absolute atomic E-state index is 10.2. The van der Waals surface area contributed by atoms with Gasteiger partial charge in [0.2, 0.25) is 6.41 Å². The van der Waals surface area contributed by atoms with Gasteiger partial charge >= 0.3 is 0 Å². The molecule has 16 heavy (non-hydrogen) atoms. The van der Waals surface area contributed by atoms with Crippen LogP contribution in [0.25, 0.3) is 10.4 Å². The van der Waals surface area contributed by atoms with E-state index in [-0.39, 0.29) is 0 Å². The zero-order chi connectivity index (χ0) is 11.4. The lowest BCUT2D eigenvalue weighted by atomic mass is 10.2. The first-order chi connectivity index (χ1) is 7.79. The zero-order valence-electron chi connectivity index (χ0n) is 8.44. The van der Waals surface area contributed by atoms with Crippen molar-refractivity contribution in [2.75, 3.05) is 0 Å². The SMILES string of the molecule is O=CNCc1ccc(-c2ccc(Cl)cc2)s1. The summed E-state index contributed by atoms with van der Waals surface area (Å²) in [5.74, 6) is 0. The second-order valence-electron chi connectivity index (χ2n) is 3.27. The molecule has 1 N–H and O–H groups in total.